The van der Waals surface area contributed by atoms with Crippen LogP contribution in [0.3, 0.4) is 0 Å². The molecule has 1 aromatic carbocycles. The van der Waals surface area contributed by atoms with Crippen LogP contribution in [0.1, 0.15) is 17.2 Å². The number of hydrogen-bond donors (Lipinski definition) is 2. The third kappa shape index (κ3) is 3.33. The van der Waals surface area contributed by atoms with Gasteiger partial charge in [0, 0.05) is 23.6 Å². The van der Waals surface area contributed by atoms with Crippen molar-refractivity contribution in [2.45, 2.75) is 12.6 Å². The lowest BCUT2D eigenvalue weighted by Gasteiger charge is -2.17. The van der Waals surface area contributed by atoms with Crippen molar-refractivity contribution in [1.82, 2.24) is 4.98 Å². The van der Waals surface area contributed by atoms with E-state index in [2.05, 4.69) is 10.3 Å². The van der Waals surface area contributed by atoms with Gasteiger partial charge in [-0.1, -0.05) is 18.2 Å². The largest absolute Gasteiger partial charge is 0.467 e. The average Bonchev–Trinajstić information content (AvgIpc) is 2.53. The molecule has 1 aromatic heterocycles. The van der Waals surface area contributed by atoms with Crippen LogP contribution in [0, 0.1) is 0 Å². The number of aromatic nitrogens is 1. The van der Waals surface area contributed by atoms with Gasteiger partial charge in [-0.15, -0.1) is 0 Å². The summed E-state index contributed by atoms with van der Waals surface area (Å²) in [5, 5.41) is 12.1. The fraction of sp³-hybridized carbons (Fsp3) is 0.200. The lowest BCUT2D eigenvalue weighted by atomic mass is 10.1. The lowest BCUT2D eigenvalue weighted by Crippen LogP contribution is -2.22. The third-order valence-electron chi connectivity index (χ3n) is 2.90. The summed E-state index contributed by atoms with van der Waals surface area (Å²) in [7, 11) is 1.35. The van der Waals surface area contributed by atoms with Gasteiger partial charge in [0.15, 0.2) is 6.04 Å². The molecule has 5 heteroatoms. The molecule has 0 unspecified atom stereocenters. The second-order valence-electron chi connectivity index (χ2n) is 4.24. The van der Waals surface area contributed by atoms with E-state index in [1.165, 1.54) is 7.11 Å². The number of carbonyl (C=O) groups is 1. The standard InChI is InChI=1S/C15H16N2O3/c1-20-15(19)14(12-3-2-8-16-9-12)17-13-6-4-11(10-18)5-7-13/h2-9,14,17-18H,10H2,1H3/t14-/m0/s1. The minimum atomic E-state index is -0.617. The maximum absolute atomic E-state index is 11.9. The van der Waals surface area contributed by atoms with Crippen LogP contribution < -0.4 is 5.32 Å². The molecule has 0 bridgehead atoms. The van der Waals surface area contributed by atoms with Gasteiger partial charge in [-0.3, -0.25) is 4.98 Å². The molecule has 0 saturated heterocycles. The number of aliphatic hydroxyl groups is 1. The highest BCUT2D eigenvalue weighted by atomic mass is 16.5. The number of methoxy groups -OCH3 is 1. The first-order valence-corrected chi connectivity index (χ1v) is 6.18. The van der Waals surface area contributed by atoms with Crippen molar-refractivity contribution < 1.29 is 14.6 Å². The molecule has 0 fully saturated rings. The van der Waals surface area contributed by atoms with E-state index in [0.717, 1.165) is 16.8 Å². The first kappa shape index (κ1) is 14.0. The first-order valence-electron chi connectivity index (χ1n) is 6.18. The summed E-state index contributed by atoms with van der Waals surface area (Å²) < 4.78 is 4.81. The summed E-state index contributed by atoms with van der Waals surface area (Å²) in [5.41, 5.74) is 2.30. The van der Waals surface area contributed by atoms with Gasteiger partial charge in [-0.05, 0) is 23.8 Å². The smallest absolute Gasteiger partial charge is 0.333 e. The second-order valence-corrected chi connectivity index (χ2v) is 4.24. The molecule has 0 aliphatic carbocycles. The number of ether oxygens (including phenoxy) is 1. The van der Waals surface area contributed by atoms with Crippen LogP contribution in [-0.4, -0.2) is 23.2 Å². The topological polar surface area (TPSA) is 71.5 Å². The molecule has 0 saturated carbocycles. The molecule has 2 rings (SSSR count). The zero-order valence-electron chi connectivity index (χ0n) is 11.1. The van der Waals surface area contributed by atoms with E-state index in [9.17, 15) is 4.79 Å². The summed E-state index contributed by atoms with van der Waals surface area (Å²) in [6.45, 7) is -0.0106. The average molecular weight is 272 g/mol. The Morgan fingerprint density at radius 2 is 2.10 bits per heavy atom. The molecule has 0 amide bonds. The number of hydrogen-bond acceptors (Lipinski definition) is 5. The highest BCUT2D eigenvalue weighted by Crippen LogP contribution is 2.20. The van der Waals surface area contributed by atoms with E-state index >= 15 is 0 Å². The van der Waals surface area contributed by atoms with Crippen LogP contribution >= 0.6 is 0 Å². The molecule has 0 aliphatic rings. The second kappa shape index (κ2) is 6.68. The Bertz CT molecular complexity index is 555. The Kier molecular flexibility index (Phi) is 4.68. The van der Waals surface area contributed by atoms with Crippen molar-refractivity contribution in [2.24, 2.45) is 0 Å². The van der Waals surface area contributed by atoms with Gasteiger partial charge < -0.3 is 15.2 Å². The van der Waals surface area contributed by atoms with Crippen LogP contribution in [0.5, 0.6) is 0 Å². The molecule has 1 atom stereocenters. The maximum atomic E-state index is 11.9. The molecule has 1 heterocycles. The van der Waals surface area contributed by atoms with Crippen molar-refractivity contribution in [3.63, 3.8) is 0 Å². The highest BCUT2D eigenvalue weighted by Gasteiger charge is 2.21. The van der Waals surface area contributed by atoms with Crippen molar-refractivity contribution in [3.05, 3.63) is 59.9 Å². The molecular formula is C15H16N2O3. The molecule has 0 aliphatic heterocycles. The number of carbonyl (C=O) groups excluding carboxylic acids is 1. The number of anilines is 1. The maximum Gasteiger partial charge on any atom is 0.333 e. The SMILES string of the molecule is COC(=O)[C@@H](Nc1ccc(CO)cc1)c1cccnc1. The van der Waals surface area contributed by atoms with Gasteiger partial charge in [-0.2, -0.15) is 0 Å². The fourth-order valence-corrected chi connectivity index (χ4v) is 1.82. The number of esters is 1. The number of nitrogens with one attached hydrogen (secondary N) is 1. The molecule has 2 N–H and O–H groups in total. The van der Waals surface area contributed by atoms with Crippen LogP contribution in [0.2, 0.25) is 0 Å². The van der Waals surface area contributed by atoms with Crippen LogP contribution in [0.15, 0.2) is 48.8 Å². The van der Waals surface area contributed by atoms with Crippen LogP contribution in [0.25, 0.3) is 0 Å². The van der Waals surface area contributed by atoms with E-state index in [-0.39, 0.29) is 12.6 Å². The molecule has 20 heavy (non-hydrogen) atoms. The highest BCUT2D eigenvalue weighted by molar-refractivity contribution is 5.80. The summed E-state index contributed by atoms with van der Waals surface area (Å²) >= 11 is 0. The van der Waals surface area contributed by atoms with Gasteiger partial charge in [-0.25, -0.2) is 4.79 Å². The Labute approximate surface area is 117 Å². The molecule has 0 spiro atoms. The van der Waals surface area contributed by atoms with Crippen LogP contribution in [0.4, 0.5) is 5.69 Å². The molecule has 2 aromatic rings. The number of nitrogens with zero attached hydrogens (tertiary/aromatic N) is 1. The van der Waals surface area contributed by atoms with E-state index in [0.29, 0.717) is 0 Å². The predicted molar refractivity (Wildman–Crippen MR) is 75.0 cm³/mol. The quantitative estimate of drug-likeness (QED) is 0.813. The summed E-state index contributed by atoms with van der Waals surface area (Å²) in [6.07, 6.45) is 3.27. The Hall–Kier alpha value is -2.40. The van der Waals surface area contributed by atoms with E-state index in [4.69, 9.17) is 9.84 Å². The Morgan fingerprint density at radius 1 is 1.35 bits per heavy atom. The fourth-order valence-electron chi connectivity index (χ4n) is 1.82. The van der Waals surface area contributed by atoms with Gasteiger partial charge in [0.25, 0.3) is 0 Å². The van der Waals surface area contributed by atoms with Gasteiger partial charge in [0.05, 0.1) is 13.7 Å². The Morgan fingerprint density at radius 3 is 2.65 bits per heavy atom. The number of benzene rings is 1. The van der Waals surface area contributed by atoms with Gasteiger partial charge >= 0.3 is 5.97 Å². The summed E-state index contributed by atoms with van der Waals surface area (Å²) in [6, 6.07) is 10.1. The molecule has 5 nitrogen and oxygen atoms in total. The zero-order chi connectivity index (χ0) is 14.4. The van der Waals surface area contributed by atoms with E-state index in [1.807, 2.05) is 6.07 Å². The zero-order valence-corrected chi connectivity index (χ0v) is 11.1. The molecule has 0 radical (unpaired) electrons. The molecular weight excluding hydrogens is 256 g/mol. The monoisotopic (exact) mass is 272 g/mol. The van der Waals surface area contributed by atoms with Crippen molar-refractivity contribution >= 4 is 11.7 Å². The van der Waals surface area contributed by atoms with E-state index in [1.54, 1.807) is 42.7 Å². The van der Waals surface area contributed by atoms with Gasteiger partial charge in [0.2, 0.25) is 0 Å². The predicted octanol–water partition coefficient (Wildman–Crippen LogP) is 1.90. The van der Waals surface area contributed by atoms with Crippen molar-refractivity contribution in [1.29, 1.82) is 0 Å². The van der Waals surface area contributed by atoms with E-state index < -0.39 is 6.04 Å². The normalized spacial score (nSPS) is 11.7. The first-order chi connectivity index (χ1) is 9.74. The summed E-state index contributed by atoms with van der Waals surface area (Å²) in [4.78, 5) is 15.9. The Balaban J connectivity index is 2.21. The summed E-state index contributed by atoms with van der Waals surface area (Å²) in [5.74, 6) is -0.385. The number of rotatable bonds is 5. The third-order valence-corrected chi connectivity index (χ3v) is 2.90. The van der Waals surface area contributed by atoms with Crippen molar-refractivity contribution in [3.8, 4) is 0 Å². The lowest BCUT2D eigenvalue weighted by molar-refractivity contribution is -0.141. The van der Waals surface area contributed by atoms with Gasteiger partial charge in [0.1, 0.15) is 0 Å². The number of aliphatic hydroxyl groups excluding tert-OH is 1. The minimum Gasteiger partial charge on any atom is -0.467 e. The van der Waals surface area contributed by atoms with Crippen LogP contribution in [-0.2, 0) is 16.1 Å². The number of pyridine rings is 1. The molecule has 104 valence electrons. The van der Waals surface area contributed by atoms with Crippen molar-refractivity contribution in [2.75, 3.05) is 12.4 Å². The minimum absolute atomic E-state index is 0.0106.